The van der Waals surface area contributed by atoms with Crippen LogP contribution in [0.4, 0.5) is 4.39 Å². The number of aromatic nitrogens is 4. The topological polar surface area (TPSA) is 99.4 Å². The van der Waals surface area contributed by atoms with Crippen LogP contribution in [0.1, 0.15) is 16.7 Å². The van der Waals surface area contributed by atoms with Crippen LogP contribution in [0.15, 0.2) is 71.9 Å². The Morgan fingerprint density at radius 1 is 0.971 bits per heavy atom. The molecule has 1 aliphatic rings. The van der Waals surface area contributed by atoms with Crippen molar-refractivity contribution in [3.8, 4) is 17.2 Å². The summed E-state index contributed by atoms with van der Waals surface area (Å²) in [6, 6.07) is 15.9. The van der Waals surface area contributed by atoms with Crippen molar-refractivity contribution in [2.45, 2.75) is 24.9 Å². The lowest BCUT2D eigenvalue weighted by Gasteiger charge is -2.23. The van der Waals surface area contributed by atoms with Crippen LogP contribution in [0, 0.1) is 12.7 Å². The molecule has 1 aromatic heterocycles. The molecule has 0 saturated heterocycles. The van der Waals surface area contributed by atoms with Crippen LogP contribution in [-0.4, -0.2) is 39.7 Å². The maximum Gasteiger partial charge on any atom is 0.243 e. The average Bonchev–Trinajstić information content (AvgIpc) is 3.52. The lowest BCUT2D eigenvalue weighted by atomic mass is 10.2. The van der Waals surface area contributed by atoms with Crippen LogP contribution in [0.25, 0.3) is 5.69 Å². The third-order valence-corrected chi connectivity index (χ3v) is 7.26. The van der Waals surface area contributed by atoms with Crippen LogP contribution in [0.3, 0.4) is 0 Å². The van der Waals surface area contributed by atoms with E-state index in [2.05, 4.69) is 15.5 Å². The quantitative estimate of drug-likeness (QED) is 0.400. The molecule has 0 aliphatic carbocycles. The Morgan fingerprint density at radius 2 is 1.71 bits per heavy atom. The van der Waals surface area contributed by atoms with Crippen molar-refractivity contribution in [3.05, 3.63) is 89.5 Å². The summed E-state index contributed by atoms with van der Waals surface area (Å²) in [5.74, 6) is 0.798. The zero-order valence-corrected chi connectivity index (χ0v) is 18.9. The molecule has 1 aliphatic heterocycles. The van der Waals surface area contributed by atoms with Gasteiger partial charge in [-0.05, 0) is 76.5 Å². The molecule has 0 fully saturated rings. The minimum atomic E-state index is -3.92. The molecule has 2 heterocycles. The molecule has 3 aromatic carbocycles. The third-order valence-electron chi connectivity index (χ3n) is 5.47. The van der Waals surface area contributed by atoms with Gasteiger partial charge in [-0.3, -0.25) is 0 Å². The zero-order chi connectivity index (χ0) is 23.7. The van der Waals surface area contributed by atoms with Crippen molar-refractivity contribution >= 4 is 10.0 Å². The molecule has 0 amide bonds. The van der Waals surface area contributed by atoms with E-state index in [1.54, 1.807) is 49.4 Å². The molecule has 0 unspecified atom stereocenters. The zero-order valence-electron chi connectivity index (χ0n) is 18.1. The highest BCUT2D eigenvalue weighted by Gasteiger charge is 2.27. The molecule has 174 valence electrons. The van der Waals surface area contributed by atoms with E-state index in [1.807, 2.05) is 0 Å². The maximum atomic E-state index is 13.7. The van der Waals surface area contributed by atoms with Gasteiger partial charge in [-0.1, -0.05) is 18.2 Å². The molecule has 9 nitrogen and oxygen atoms in total. The smallest absolute Gasteiger partial charge is 0.243 e. The summed E-state index contributed by atoms with van der Waals surface area (Å²) >= 11 is 0. The van der Waals surface area contributed by atoms with Crippen molar-refractivity contribution in [2.75, 3.05) is 6.79 Å². The van der Waals surface area contributed by atoms with Crippen LogP contribution >= 0.6 is 0 Å². The lowest BCUT2D eigenvalue weighted by Crippen LogP contribution is -2.30. The Balaban J connectivity index is 1.50. The largest absolute Gasteiger partial charge is 0.454 e. The van der Waals surface area contributed by atoms with E-state index in [-0.39, 0.29) is 30.6 Å². The summed E-state index contributed by atoms with van der Waals surface area (Å²) < 4.78 is 54.5. The summed E-state index contributed by atoms with van der Waals surface area (Å²) in [5.41, 5.74) is 2.76. The number of halogens is 1. The van der Waals surface area contributed by atoms with E-state index >= 15 is 0 Å². The highest BCUT2D eigenvalue weighted by Crippen LogP contribution is 2.33. The number of rotatable bonds is 7. The number of fused-ring (bicyclic) bond motifs is 1. The molecule has 0 N–H and O–H groups in total. The van der Waals surface area contributed by atoms with Crippen molar-refractivity contribution in [3.63, 3.8) is 0 Å². The maximum absolute atomic E-state index is 13.7. The molecule has 34 heavy (non-hydrogen) atoms. The predicted octanol–water partition coefficient (Wildman–Crippen LogP) is 3.23. The SMILES string of the molecule is Cc1cc(S(=O)(=O)N(Cc2ccc(F)cc2)Cc2ccc3c(c2)OCO3)ccc1-n1cnnn1. The fourth-order valence-electron chi connectivity index (χ4n) is 3.73. The van der Waals surface area contributed by atoms with Gasteiger partial charge in [0.2, 0.25) is 16.8 Å². The average molecular weight is 482 g/mol. The number of aryl methyl sites for hydroxylation is 1. The number of nitrogens with zero attached hydrogens (tertiary/aromatic N) is 5. The Kier molecular flexibility index (Phi) is 5.72. The highest BCUT2D eigenvalue weighted by atomic mass is 32.2. The summed E-state index contributed by atoms with van der Waals surface area (Å²) in [4.78, 5) is 0.129. The fraction of sp³-hybridized carbons (Fsp3) is 0.174. The van der Waals surface area contributed by atoms with Crippen LogP contribution in [0.2, 0.25) is 0 Å². The number of ether oxygens (including phenoxy) is 2. The molecular formula is C23H20FN5O4S. The minimum Gasteiger partial charge on any atom is -0.454 e. The standard InChI is InChI=1S/C23H20FN5O4S/c1-16-10-20(7-8-21(16)29-14-25-26-27-29)34(30,31)28(12-17-2-5-19(24)6-3-17)13-18-4-9-22-23(11-18)33-15-32-22/h2-11,14H,12-13,15H2,1H3. The van der Waals surface area contributed by atoms with Crippen molar-refractivity contribution in [1.29, 1.82) is 0 Å². The van der Waals surface area contributed by atoms with Crippen LogP contribution < -0.4 is 9.47 Å². The summed E-state index contributed by atoms with van der Waals surface area (Å²) in [6.45, 7) is 2.07. The Hall–Kier alpha value is -3.83. The number of hydrogen-bond donors (Lipinski definition) is 0. The summed E-state index contributed by atoms with van der Waals surface area (Å²) in [7, 11) is -3.92. The van der Waals surface area contributed by atoms with Crippen LogP contribution in [-0.2, 0) is 23.1 Å². The van der Waals surface area contributed by atoms with Gasteiger partial charge in [-0.25, -0.2) is 17.5 Å². The molecule has 0 atom stereocenters. The molecule has 4 aromatic rings. The number of hydrogen-bond acceptors (Lipinski definition) is 7. The van der Waals surface area contributed by atoms with Gasteiger partial charge in [0.05, 0.1) is 10.6 Å². The Morgan fingerprint density at radius 3 is 2.44 bits per heavy atom. The van der Waals surface area contributed by atoms with Gasteiger partial charge in [-0.15, -0.1) is 5.10 Å². The summed E-state index contributed by atoms with van der Waals surface area (Å²) in [5, 5.41) is 11.1. The second-order valence-electron chi connectivity index (χ2n) is 7.79. The van der Waals surface area contributed by atoms with Gasteiger partial charge in [0.25, 0.3) is 0 Å². The molecule has 0 radical (unpaired) electrons. The minimum absolute atomic E-state index is 0.0604. The van der Waals surface area contributed by atoms with Gasteiger partial charge in [0, 0.05) is 13.1 Å². The third kappa shape index (κ3) is 4.35. The molecule has 11 heteroatoms. The fourth-order valence-corrected chi connectivity index (χ4v) is 5.23. The molecular weight excluding hydrogens is 461 g/mol. The van der Waals surface area contributed by atoms with Gasteiger partial charge in [-0.2, -0.15) is 4.31 Å². The molecule has 0 saturated carbocycles. The first kappa shape index (κ1) is 22.0. The van der Waals surface area contributed by atoms with Crippen molar-refractivity contribution in [1.82, 2.24) is 24.5 Å². The second-order valence-corrected chi connectivity index (χ2v) is 9.73. The van der Waals surface area contributed by atoms with Crippen LogP contribution in [0.5, 0.6) is 11.5 Å². The molecule has 0 spiro atoms. The van der Waals surface area contributed by atoms with Crippen molar-refractivity contribution in [2.24, 2.45) is 0 Å². The van der Waals surface area contributed by atoms with E-state index in [9.17, 15) is 12.8 Å². The van der Waals surface area contributed by atoms with E-state index in [0.29, 0.717) is 28.3 Å². The van der Waals surface area contributed by atoms with E-state index in [4.69, 9.17) is 9.47 Å². The van der Waals surface area contributed by atoms with E-state index < -0.39 is 10.0 Å². The van der Waals surface area contributed by atoms with Gasteiger partial charge < -0.3 is 9.47 Å². The first-order chi connectivity index (χ1) is 16.4. The van der Waals surface area contributed by atoms with Gasteiger partial charge in [0.1, 0.15) is 12.1 Å². The predicted molar refractivity (Wildman–Crippen MR) is 119 cm³/mol. The first-order valence-electron chi connectivity index (χ1n) is 10.4. The van der Waals surface area contributed by atoms with Crippen molar-refractivity contribution < 1.29 is 22.3 Å². The number of tetrazole rings is 1. The monoisotopic (exact) mass is 481 g/mol. The molecule has 0 bridgehead atoms. The number of sulfonamides is 1. The van der Waals surface area contributed by atoms with Gasteiger partial charge in [0.15, 0.2) is 11.5 Å². The molecule has 5 rings (SSSR count). The highest BCUT2D eigenvalue weighted by molar-refractivity contribution is 7.89. The Labute approximate surface area is 195 Å². The Bertz CT molecular complexity index is 1430. The first-order valence-corrected chi connectivity index (χ1v) is 11.8. The summed E-state index contributed by atoms with van der Waals surface area (Å²) in [6.07, 6.45) is 1.44. The lowest BCUT2D eigenvalue weighted by molar-refractivity contribution is 0.174. The van der Waals surface area contributed by atoms with E-state index in [1.165, 1.54) is 33.5 Å². The van der Waals surface area contributed by atoms with Gasteiger partial charge >= 0.3 is 0 Å². The normalized spacial score (nSPS) is 12.9. The second kappa shape index (κ2) is 8.84. The van der Waals surface area contributed by atoms with E-state index in [0.717, 1.165) is 5.56 Å². The number of benzene rings is 3.